The van der Waals surface area contributed by atoms with Gasteiger partial charge in [0.1, 0.15) is 11.5 Å². The molecule has 6 heteroatoms. The molecule has 4 rings (SSSR count). The number of hydrogen-bond donors (Lipinski definition) is 1. The fraction of sp³-hybridized carbons (Fsp3) is 0.0870. The highest BCUT2D eigenvalue weighted by Gasteiger charge is 2.39. The molecule has 0 fully saturated rings. The number of imide groups is 1. The molecule has 3 aromatic rings. The Morgan fingerprint density at radius 2 is 1.55 bits per heavy atom. The number of nitrogens with zero attached hydrogens (tertiary/aromatic N) is 2. The Bertz CT molecular complexity index is 1090. The molecule has 29 heavy (non-hydrogen) atoms. The van der Waals surface area contributed by atoms with Gasteiger partial charge >= 0.3 is 0 Å². The second kappa shape index (κ2) is 7.67. The van der Waals surface area contributed by atoms with Crippen LogP contribution in [0.5, 0.6) is 0 Å². The number of halogens is 1. The summed E-state index contributed by atoms with van der Waals surface area (Å²) in [6.45, 7) is 2.09. The number of benzene rings is 2. The first-order chi connectivity index (χ1) is 14.0. The Morgan fingerprint density at radius 1 is 0.897 bits per heavy atom. The third-order valence-electron chi connectivity index (χ3n) is 4.71. The number of anilines is 1. The number of aromatic nitrogens is 1. The molecule has 2 aromatic carbocycles. The molecule has 0 aliphatic carbocycles. The molecule has 0 saturated carbocycles. The molecule has 2 heterocycles. The van der Waals surface area contributed by atoms with Crippen molar-refractivity contribution in [2.75, 3.05) is 5.32 Å². The normalized spacial score (nSPS) is 13.9. The van der Waals surface area contributed by atoms with E-state index in [1.54, 1.807) is 24.5 Å². The van der Waals surface area contributed by atoms with Gasteiger partial charge in [0.05, 0.1) is 12.1 Å². The van der Waals surface area contributed by atoms with E-state index in [1.807, 2.05) is 31.2 Å². The Labute approximate surface area is 167 Å². The monoisotopic (exact) mass is 387 g/mol. The van der Waals surface area contributed by atoms with Crippen LogP contribution in [0.1, 0.15) is 16.7 Å². The topological polar surface area (TPSA) is 62.3 Å². The Hall–Kier alpha value is -3.80. The van der Waals surface area contributed by atoms with E-state index < -0.39 is 17.6 Å². The van der Waals surface area contributed by atoms with Gasteiger partial charge in [-0.3, -0.25) is 19.5 Å². The number of carbonyl (C=O) groups excluding carboxylic acids is 2. The van der Waals surface area contributed by atoms with Crippen LogP contribution in [0.25, 0.3) is 5.57 Å². The molecule has 5 nitrogen and oxygen atoms in total. The van der Waals surface area contributed by atoms with Crippen molar-refractivity contribution in [2.45, 2.75) is 13.5 Å². The Kier molecular flexibility index (Phi) is 4.91. The summed E-state index contributed by atoms with van der Waals surface area (Å²) in [4.78, 5) is 31.4. The SMILES string of the molecule is Cc1ccc(NC2=C(c3ccc(F)cc3)C(=O)N(Cc3ccncc3)C2=O)cc1. The van der Waals surface area contributed by atoms with Gasteiger partial charge < -0.3 is 5.32 Å². The Morgan fingerprint density at radius 3 is 2.21 bits per heavy atom. The van der Waals surface area contributed by atoms with Crippen molar-refractivity contribution in [1.82, 2.24) is 9.88 Å². The quantitative estimate of drug-likeness (QED) is 0.674. The number of nitrogens with one attached hydrogen (secondary N) is 1. The van der Waals surface area contributed by atoms with Gasteiger partial charge in [0.15, 0.2) is 0 Å². The number of aryl methyl sites for hydroxylation is 1. The second-order valence-corrected chi connectivity index (χ2v) is 6.80. The zero-order chi connectivity index (χ0) is 20.4. The molecule has 1 aliphatic rings. The van der Waals surface area contributed by atoms with Gasteiger partial charge in [-0.2, -0.15) is 0 Å². The summed E-state index contributed by atoms with van der Waals surface area (Å²) in [7, 11) is 0. The summed E-state index contributed by atoms with van der Waals surface area (Å²) >= 11 is 0. The molecule has 1 aliphatic heterocycles. The average Bonchev–Trinajstić information content (AvgIpc) is 2.95. The minimum absolute atomic E-state index is 0.129. The molecule has 0 atom stereocenters. The maximum absolute atomic E-state index is 13.4. The first-order valence-corrected chi connectivity index (χ1v) is 9.12. The van der Waals surface area contributed by atoms with Crippen molar-refractivity contribution in [1.29, 1.82) is 0 Å². The molecular formula is C23H18FN3O2. The minimum Gasteiger partial charge on any atom is -0.350 e. The lowest BCUT2D eigenvalue weighted by Gasteiger charge is -2.15. The van der Waals surface area contributed by atoms with Gasteiger partial charge in [0, 0.05) is 18.1 Å². The maximum Gasteiger partial charge on any atom is 0.278 e. The average molecular weight is 387 g/mol. The highest BCUT2D eigenvalue weighted by Crippen LogP contribution is 2.31. The first kappa shape index (κ1) is 18.6. The number of amides is 2. The van der Waals surface area contributed by atoms with Gasteiger partial charge in [-0.05, 0) is 54.4 Å². The minimum atomic E-state index is -0.424. The van der Waals surface area contributed by atoms with Crippen LogP contribution < -0.4 is 5.32 Å². The zero-order valence-electron chi connectivity index (χ0n) is 15.7. The van der Waals surface area contributed by atoms with Gasteiger partial charge in [-0.15, -0.1) is 0 Å². The van der Waals surface area contributed by atoms with Crippen molar-refractivity contribution < 1.29 is 14.0 Å². The van der Waals surface area contributed by atoms with Crippen LogP contribution in [0, 0.1) is 12.7 Å². The molecule has 0 saturated heterocycles. The standard InChI is InChI=1S/C23H18FN3O2/c1-15-2-8-19(9-3-15)26-21-20(17-4-6-18(24)7-5-17)22(28)27(23(21)29)14-16-10-12-25-13-11-16/h2-13,26H,14H2,1H3. The van der Waals surface area contributed by atoms with Gasteiger partial charge in [0.25, 0.3) is 11.8 Å². The summed E-state index contributed by atoms with van der Waals surface area (Å²) < 4.78 is 13.4. The molecule has 1 aromatic heterocycles. The van der Waals surface area contributed by atoms with E-state index in [0.717, 1.165) is 11.1 Å². The van der Waals surface area contributed by atoms with Crippen LogP contribution in [0.15, 0.2) is 78.8 Å². The predicted octanol–water partition coefficient (Wildman–Crippen LogP) is 3.92. The van der Waals surface area contributed by atoms with E-state index in [2.05, 4.69) is 10.3 Å². The highest BCUT2D eigenvalue weighted by atomic mass is 19.1. The van der Waals surface area contributed by atoms with E-state index in [-0.39, 0.29) is 17.8 Å². The fourth-order valence-corrected chi connectivity index (χ4v) is 3.17. The number of carbonyl (C=O) groups is 2. The highest BCUT2D eigenvalue weighted by molar-refractivity contribution is 6.36. The summed E-state index contributed by atoms with van der Waals surface area (Å²) in [6, 6.07) is 16.6. The molecule has 0 unspecified atom stereocenters. The lowest BCUT2D eigenvalue weighted by molar-refractivity contribution is -0.137. The molecule has 0 spiro atoms. The fourth-order valence-electron chi connectivity index (χ4n) is 3.17. The second-order valence-electron chi connectivity index (χ2n) is 6.80. The first-order valence-electron chi connectivity index (χ1n) is 9.12. The van der Waals surface area contributed by atoms with Gasteiger partial charge in [-0.1, -0.05) is 29.8 Å². The molecule has 0 radical (unpaired) electrons. The molecule has 0 bridgehead atoms. The van der Waals surface area contributed by atoms with Crippen LogP contribution in [-0.2, 0) is 16.1 Å². The summed E-state index contributed by atoms with van der Waals surface area (Å²) in [5.74, 6) is -1.26. The predicted molar refractivity (Wildman–Crippen MR) is 108 cm³/mol. The van der Waals surface area contributed by atoms with E-state index >= 15 is 0 Å². The van der Waals surface area contributed by atoms with Crippen LogP contribution in [0.2, 0.25) is 0 Å². The van der Waals surface area contributed by atoms with E-state index in [9.17, 15) is 14.0 Å². The smallest absolute Gasteiger partial charge is 0.278 e. The van der Waals surface area contributed by atoms with Gasteiger partial charge in [0.2, 0.25) is 0 Å². The summed E-state index contributed by atoms with van der Waals surface area (Å²) in [5, 5.41) is 3.09. The van der Waals surface area contributed by atoms with Crippen molar-refractivity contribution >= 4 is 23.1 Å². The van der Waals surface area contributed by atoms with Crippen LogP contribution in [0.3, 0.4) is 0 Å². The zero-order valence-corrected chi connectivity index (χ0v) is 15.7. The maximum atomic E-state index is 13.4. The van der Waals surface area contributed by atoms with E-state index in [0.29, 0.717) is 11.3 Å². The number of hydrogen-bond acceptors (Lipinski definition) is 4. The third-order valence-corrected chi connectivity index (χ3v) is 4.71. The van der Waals surface area contributed by atoms with Crippen LogP contribution in [0.4, 0.5) is 10.1 Å². The Balaban J connectivity index is 1.74. The van der Waals surface area contributed by atoms with Crippen molar-refractivity contribution in [3.63, 3.8) is 0 Å². The van der Waals surface area contributed by atoms with Crippen LogP contribution >= 0.6 is 0 Å². The third kappa shape index (κ3) is 3.78. The number of rotatable bonds is 5. The van der Waals surface area contributed by atoms with Crippen molar-refractivity contribution in [3.05, 3.63) is 101 Å². The van der Waals surface area contributed by atoms with Crippen LogP contribution in [-0.4, -0.2) is 21.7 Å². The molecule has 2 amide bonds. The molecule has 1 N–H and O–H groups in total. The number of pyridine rings is 1. The summed E-state index contributed by atoms with van der Waals surface area (Å²) in [6.07, 6.45) is 3.22. The van der Waals surface area contributed by atoms with E-state index in [4.69, 9.17) is 0 Å². The van der Waals surface area contributed by atoms with Crippen molar-refractivity contribution in [3.8, 4) is 0 Å². The lowest BCUT2D eigenvalue weighted by atomic mass is 10.0. The molecular weight excluding hydrogens is 369 g/mol. The molecule has 144 valence electrons. The van der Waals surface area contributed by atoms with Gasteiger partial charge in [-0.25, -0.2) is 4.39 Å². The largest absolute Gasteiger partial charge is 0.350 e. The van der Waals surface area contributed by atoms with Crippen molar-refractivity contribution in [2.24, 2.45) is 0 Å². The lowest BCUT2D eigenvalue weighted by Crippen LogP contribution is -2.32. The summed E-state index contributed by atoms with van der Waals surface area (Å²) in [5.41, 5.74) is 3.45. The van der Waals surface area contributed by atoms with E-state index in [1.165, 1.54) is 29.2 Å².